The summed E-state index contributed by atoms with van der Waals surface area (Å²) < 4.78 is 2.37. The Morgan fingerprint density at radius 2 is 2.11 bits per heavy atom. The highest BCUT2D eigenvalue weighted by Gasteiger charge is 2.13. The van der Waals surface area contributed by atoms with Gasteiger partial charge in [0.25, 0.3) is 0 Å². The third-order valence-electron chi connectivity index (χ3n) is 3.90. The first kappa shape index (κ1) is 13.4. The summed E-state index contributed by atoms with van der Waals surface area (Å²) in [5, 5.41) is 4.55. The summed E-state index contributed by atoms with van der Waals surface area (Å²) in [5.41, 5.74) is 1.09. The average molecular weight is 339 g/mol. The molecular weight excluding hydrogens is 320 g/mol. The second kappa shape index (κ2) is 6.23. The van der Waals surface area contributed by atoms with Crippen molar-refractivity contribution in [2.45, 2.75) is 38.5 Å². The SMILES string of the molecule is Brc1ccc2nc(NCCC3CCCCC3)sc2c1. The quantitative estimate of drug-likeness (QED) is 0.802. The van der Waals surface area contributed by atoms with Crippen molar-refractivity contribution in [1.82, 2.24) is 4.98 Å². The highest BCUT2D eigenvalue weighted by atomic mass is 79.9. The summed E-state index contributed by atoms with van der Waals surface area (Å²) in [6.07, 6.45) is 8.44. The Balaban J connectivity index is 1.56. The topological polar surface area (TPSA) is 24.9 Å². The summed E-state index contributed by atoms with van der Waals surface area (Å²) in [5.74, 6) is 0.935. The lowest BCUT2D eigenvalue weighted by Gasteiger charge is -2.21. The normalized spacial score (nSPS) is 16.9. The van der Waals surface area contributed by atoms with Crippen LogP contribution >= 0.6 is 27.3 Å². The maximum atomic E-state index is 4.62. The highest BCUT2D eigenvalue weighted by molar-refractivity contribution is 9.10. The number of rotatable bonds is 4. The van der Waals surface area contributed by atoms with Gasteiger partial charge < -0.3 is 5.32 Å². The Bertz CT molecular complexity index is 546. The van der Waals surface area contributed by atoms with Crippen molar-refractivity contribution in [2.24, 2.45) is 5.92 Å². The van der Waals surface area contributed by atoms with Crippen molar-refractivity contribution in [1.29, 1.82) is 0 Å². The van der Waals surface area contributed by atoms with Crippen molar-refractivity contribution >= 4 is 42.6 Å². The van der Waals surface area contributed by atoms with Crippen molar-refractivity contribution in [3.05, 3.63) is 22.7 Å². The summed E-state index contributed by atoms with van der Waals surface area (Å²) in [6, 6.07) is 6.26. The molecule has 0 spiro atoms. The first-order valence-corrected chi connectivity index (χ1v) is 8.72. The van der Waals surface area contributed by atoms with Crippen LogP contribution in [0.5, 0.6) is 0 Å². The first-order valence-electron chi connectivity index (χ1n) is 7.11. The summed E-state index contributed by atoms with van der Waals surface area (Å²) in [7, 11) is 0. The number of anilines is 1. The van der Waals surface area contributed by atoms with Gasteiger partial charge >= 0.3 is 0 Å². The fourth-order valence-electron chi connectivity index (χ4n) is 2.83. The molecule has 0 atom stereocenters. The van der Waals surface area contributed by atoms with Crippen LogP contribution in [0.15, 0.2) is 22.7 Å². The van der Waals surface area contributed by atoms with Crippen LogP contribution in [0.25, 0.3) is 10.2 Å². The van der Waals surface area contributed by atoms with Crippen molar-refractivity contribution < 1.29 is 0 Å². The predicted octanol–water partition coefficient (Wildman–Crippen LogP) is 5.44. The van der Waals surface area contributed by atoms with Gasteiger partial charge in [0, 0.05) is 11.0 Å². The van der Waals surface area contributed by atoms with E-state index in [2.05, 4.69) is 38.4 Å². The van der Waals surface area contributed by atoms with Crippen LogP contribution in [-0.2, 0) is 0 Å². The molecule has 0 bridgehead atoms. The molecule has 19 heavy (non-hydrogen) atoms. The molecule has 1 aliphatic rings. The van der Waals surface area contributed by atoms with Crippen LogP contribution < -0.4 is 5.32 Å². The van der Waals surface area contributed by atoms with Gasteiger partial charge in [-0.25, -0.2) is 4.98 Å². The minimum absolute atomic E-state index is 0.935. The van der Waals surface area contributed by atoms with E-state index in [4.69, 9.17) is 0 Å². The van der Waals surface area contributed by atoms with E-state index >= 15 is 0 Å². The molecule has 1 aliphatic carbocycles. The largest absolute Gasteiger partial charge is 0.361 e. The van der Waals surface area contributed by atoms with Crippen molar-refractivity contribution in [3.8, 4) is 0 Å². The molecule has 4 heteroatoms. The second-order valence-electron chi connectivity index (χ2n) is 5.35. The van der Waals surface area contributed by atoms with E-state index in [0.717, 1.165) is 27.6 Å². The lowest BCUT2D eigenvalue weighted by molar-refractivity contribution is 0.345. The molecule has 3 rings (SSSR count). The van der Waals surface area contributed by atoms with Crippen LogP contribution in [0, 0.1) is 5.92 Å². The van der Waals surface area contributed by atoms with Crippen LogP contribution in [-0.4, -0.2) is 11.5 Å². The van der Waals surface area contributed by atoms with Crippen LogP contribution in [0.4, 0.5) is 5.13 Å². The Kier molecular flexibility index (Phi) is 4.38. The molecular formula is C15H19BrN2S. The molecule has 2 aromatic rings. The minimum Gasteiger partial charge on any atom is -0.361 e. The zero-order chi connectivity index (χ0) is 13.1. The van der Waals surface area contributed by atoms with Gasteiger partial charge in [-0.15, -0.1) is 0 Å². The third kappa shape index (κ3) is 3.48. The molecule has 1 fully saturated rings. The molecule has 1 N–H and O–H groups in total. The summed E-state index contributed by atoms with van der Waals surface area (Å²) >= 11 is 5.25. The molecule has 0 amide bonds. The number of hydrogen-bond donors (Lipinski definition) is 1. The van der Waals surface area contributed by atoms with Crippen LogP contribution in [0.1, 0.15) is 38.5 Å². The van der Waals surface area contributed by atoms with Gasteiger partial charge in [-0.2, -0.15) is 0 Å². The first-order chi connectivity index (χ1) is 9.31. The van der Waals surface area contributed by atoms with Crippen molar-refractivity contribution in [2.75, 3.05) is 11.9 Å². The molecule has 2 nitrogen and oxygen atoms in total. The standard InChI is InChI=1S/C15H19BrN2S/c16-12-6-7-13-14(10-12)19-15(18-13)17-9-8-11-4-2-1-3-5-11/h6-7,10-11H,1-5,8-9H2,(H,17,18). The third-order valence-corrected chi connectivity index (χ3v) is 5.37. The van der Waals surface area contributed by atoms with E-state index in [1.165, 1.54) is 43.2 Å². The van der Waals surface area contributed by atoms with E-state index in [9.17, 15) is 0 Å². The van der Waals surface area contributed by atoms with Crippen LogP contribution in [0.2, 0.25) is 0 Å². The van der Waals surface area contributed by atoms with Gasteiger partial charge in [-0.3, -0.25) is 0 Å². The number of hydrogen-bond acceptors (Lipinski definition) is 3. The van der Waals surface area contributed by atoms with Gasteiger partial charge in [0.1, 0.15) is 0 Å². The van der Waals surface area contributed by atoms with Gasteiger partial charge in [0.15, 0.2) is 5.13 Å². The fraction of sp³-hybridized carbons (Fsp3) is 0.533. The smallest absolute Gasteiger partial charge is 0.183 e. The van der Waals surface area contributed by atoms with E-state index in [1.807, 2.05) is 6.07 Å². The molecule has 0 unspecified atom stereocenters. The Morgan fingerprint density at radius 1 is 1.26 bits per heavy atom. The minimum atomic E-state index is 0.935. The number of nitrogens with zero attached hydrogens (tertiary/aromatic N) is 1. The number of halogens is 1. The van der Waals surface area contributed by atoms with E-state index < -0.39 is 0 Å². The molecule has 0 radical (unpaired) electrons. The molecule has 1 aromatic heterocycles. The van der Waals surface area contributed by atoms with Gasteiger partial charge in [0.2, 0.25) is 0 Å². The molecule has 102 valence electrons. The molecule has 0 aliphatic heterocycles. The van der Waals surface area contributed by atoms with Crippen molar-refractivity contribution in [3.63, 3.8) is 0 Å². The van der Waals surface area contributed by atoms with Gasteiger partial charge in [-0.1, -0.05) is 59.4 Å². The Labute approximate surface area is 126 Å². The lowest BCUT2D eigenvalue weighted by atomic mass is 9.87. The van der Waals surface area contributed by atoms with Crippen LogP contribution in [0.3, 0.4) is 0 Å². The second-order valence-corrected chi connectivity index (χ2v) is 7.30. The maximum absolute atomic E-state index is 4.62. The van der Waals surface area contributed by atoms with Gasteiger partial charge in [0.05, 0.1) is 10.2 Å². The number of fused-ring (bicyclic) bond motifs is 1. The molecule has 1 heterocycles. The average Bonchev–Trinajstić information content (AvgIpc) is 2.82. The fourth-order valence-corrected chi connectivity index (χ4v) is 4.28. The molecule has 1 aromatic carbocycles. The summed E-state index contributed by atoms with van der Waals surface area (Å²) in [6.45, 7) is 1.06. The van der Waals surface area contributed by atoms with E-state index in [1.54, 1.807) is 11.3 Å². The monoisotopic (exact) mass is 338 g/mol. The number of benzene rings is 1. The summed E-state index contributed by atoms with van der Waals surface area (Å²) in [4.78, 5) is 4.62. The lowest BCUT2D eigenvalue weighted by Crippen LogP contribution is -2.11. The predicted molar refractivity (Wildman–Crippen MR) is 87.0 cm³/mol. The number of nitrogens with one attached hydrogen (secondary N) is 1. The maximum Gasteiger partial charge on any atom is 0.183 e. The van der Waals surface area contributed by atoms with E-state index in [-0.39, 0.29) is 0 Å². The molecule has 0 saturated heterocycles. The van der Waals surface area contributed by atoms with Gasteiger partial charge in [-0.05, 0) is 30.5 Å². The number of aromatic nitrogens is 1. The van der Waals surface area contributed by atoms with E-state index in [0.29, 0.717) is 0 Å². The Hall–Kier alpha value is -0.610. The highest BCUT2D eigenvalue weighted by Crippen LogP contribution is 2.29. The molecule has 1 saturated carbocycles. The number of thiazole rings is 1. The zero-order valence-corrected chi connectivity index (χ0v) is 13.4. The zero-order valence-electron chi connectivity index (χ0n) is 11.0. The Morgan fingerprint density at radius 3 is 2.95 bits per heavy atom.